The molecule has 0 spiro atoms. The Hall–Kier alpha value is -1.25. The highest BCUT2D eigenvalue weighted by atomic mass is 16.2. The van der Waals surface area contributed by atoms with E-state index < -0.39 is 0 Å². The number of rotatable bonds is 4. The number of hydrogen-bond acceptors (Lipinski definition) is 2. The van der Waals surface area contributed by atoms with Gasteiger partial charge in [0, 0.05) is 19.1 Å². The molecule has 3 heteroatoms. The third kappa shape index (κ3) is 8.03. The van der Waals surface area contributed by atoms with Crippen LogP contribution in [0.2, 0.25) is 0 Å². The normalized spacial score (nSPS) is 13.9. The minimum Gasteiger partial charge on any atom is -0.377 e. The number of nitrogens with zero attached hydrogens (tertiary/aromatic N) is 1. The molecule has 0 radical (unpaired) electrons. The van der Waals surface area contributed by atoms with Gasteiger partial charge in [-0.25, -0.2) is 0 Å². The van der Waals surface area contributed by atoms with Crippen molar-refractivity contribution in [2.45, 2.75) is 61.4 Å². The summed E-state index contributed by atoms with van der Waals surface area (Å²) in [6.45, 7) is 21.6. The first kappa shape index (κ1) is 21.1. The van der Waals surface area contributed by atoms with Crippen molar-refractivity contribution in [3.8, 4) is 0 Å². The lowest BCUT2D eigenvalue weighted by atomic mass is 10.3. The average molecular weight is 282 g/mol. The minimum atomic E-state index is 0.111. The van der Waals surface area contributed by atoms with Crippen LogP contribution in [0.3, 0.4) is 0 Å². The molecule has 20 heavy (non-hydrogen) atoms. The summed E-state index contributed by atoms with van der Waals surface area (Å²) < 4.78 is 0. The first-order chi connectivity index (χ1) is 9.31. The summed E-state index contributed by atoms with van der Waals surface area (Å²) in [5, 5.41) is 3.09. The van der Waals surface area contributed by atoms with Gasteiger partial charge in [-0.2, -0.15) is 0 Å². The molecule has 1 aliphatic rings. The van der Waals surface area contributed by atoms with E-state index in [4.69, 9.17) is 0 Å². The predicted octanol–water partition coefficient (Wildman–Crippen LogP) is 3.98. The second-order valence-corrected chi connectivity index (χ2v) is 5.58. The summed E-state index contributed by atoms with van der Waals surface area (Å²) in [7, 11) is 0. The fourth-order valence-corrected chi connectivity index (χ4v) is 1.55. The Morgan fingerprint density at radius 2 is 1.70 bits per heavy atom. The lowest BCUT2D eigenvalue weighted by molar-refractivity contribution is -0.127. The van der Waals surface area contributed by atoms with E-state index in [1.807, 2.05) is 39.5 Å². The summed E-state index contributed by atoms with van der Waals surface area (Å²) >= 11 is 0. The van der Waals surface area contributed by atoms with Crippen molar-refractivity contribution in [2.24, 2.45) is 5.92 Å². The Bertz CT molecular complexity index is 314. The lowest BCUT2D eigenvalue weighted by Gasteiger charge is -2.21. The van der Waals surface area contributed by atoms with E-state index in [2.05, 4.69) is 32.7 Å². The number of carbonyl (C=O) groups is 1. The molecule has 118 valence electrons. The van der Waals surface area contributed by atoms with Gasteiger partial charge in [0.1, 0.15) is 5.70 Å². The maximum Gasteiger partial charge on any atom is 0.270 e. The van der Waals surface area contributed by atoms with Crippen LogP contribution in [0.4, 0.5) is 0 Å². The molecule has 0 aromatic carbocycles. The van der Waals surface area contributed by atoms with Gasteiger partial charge in [0.15, 0.2) is 0 Å². The van der Waals surface area contributed by atoms with E-state index in [-0.39, 0.29) is 11.9 Å². The highest BCUT2D eigenvalue weighted by Gasteiger charge is 2.29. The molecule has 0 unspecified atom stereocenters. The predicted molar refractivity (Wildman–Crippen MR) is 89.6 cm³/mol. The topological polar surface area (TPSA) is 32.3 Å². The van der Waals surface area contributed by atoms with Gasteiger partial charge in [0.05, 0.1) is 0 Å². The van der Waals surface area contributed by atoms with Gasteiger partial charge in [0.2, 0.25) is 0 Å². The molecule has 0 saturated heterocycles. The van der Waals surface area contributed by atoms with Crippen LogP contribution in [-0.4, -0.2) is 29.9 Å². The Balaban J connectivity index is 0. The van der Waals surface area contributed by atoms with Crippen LogP contribution >= 0.6 is 0 Å². The largest absolute Gasteiger partial charge is 0.377 e. The zero-order chi connectivity index (χ0) is 16.3. The first-order valence-corrected chi connectivity index (χ1v) is 7.66. The number of hydrogen-bond donors (Lipinski definition) is 1. The molecular formula is C17H34N2O. The molecule has 0 fully saturated rings. The second-order valence-electron chi connectivity index (χ2n) is 5.58. The second kappa shape index (κ2) is 11.6. The van der Waals surface area contributed by atoms with Crippen molar-refractivity contribution >= 4 is 5.91 Å². The van der Waals surface area contributed by atoms with Crippen molar-refractivity contribution in [1.82, 2.24) is 10.2 Å². The smallest absolute Gasteiger partial charge is 0.270 e. The molecule has 1 aliphatic heterocycles. The van der Waals surface area contributed by atoms with Crippen molar-refractivity contribution in [3.63, 3.8) is 0 Å². The summed E-state index contributed by atoms with van der Waals surface area (Å²) in [6, 6.07) is 0.264. The number of carbonyl (C=O) groups excluding carboxylic acids is 1. The van der Waals surface area contributed by atoms with Gasteiger partial charge < -0.3 is 10.2 Å². The zero-order valence-electron chi connectivity index (χ0n) is 14.7. The molecule has 3 nitrogen and oxygen atoms in total. The molecule has 0 bridgehead atoms. The highest BCUT2D eigenvalue weighted by Crippen LogP contribution is 2.18. The summed E-state index contributed by atoms with van der Waals surface area (Å²) in [5.74, 6) is 0.944. The molecule has 0 aromatic rings. The van der Waals surface area contributed by atoms with Crippen molar-refractivity contribution < 1.29 is 4.79 Å². The van der Waals surface area contributed by atoms with E-state index in [0.717, 1.165) is 23.7 Å². The fourth-order valence-electron chi connectivity index (χ4n) is 1.55. The molecule has 0 saturated carbocycles. The maximum atomic E-state index is 11.8. The fraction of sp³-hybridized carbons (Fsp3) is 0.706. The molecule has 1 rings (SSSR count). The van der Waals surface area contributed by atoms with E-state index in [1.54, 1.807) is 6.08 Å². The average Bonchev–Trinajstić information content (AvgIpc) is 2.65. The standard InChI is InChI=1S/C11H18N2O.C4H10.C2H6/c1-5-6-12-10-9(4)7-13(8(2)3)11(10)14;1-4(2)3;1-2/h5,8,12H,1,6-7H2,2-4H3;4H,1-3H3;1-2H3. The van der Waals surface area contributed by atoms with Crippen molar-refractivity contribution in [2.75, 3.05) is 13.1 Å². The molecule has 0 aliphatic carbocycles. The van der Waals surface area contributed by atoms with Gasteiger partial charge >= 0.3 is 0 Å². The van der Waals surface area contributed by atoms with Crippen LogP contribution in [-0.2, 0) is 4.79 Å². The third-order valence-corrected chi connectivity index (χ3v) is 2.36. The molecular weight excluding hydrogens is 248 g/mol. The Labute approximate surface area is 126 Å². The number of nitrogens with one attached hydrogen (secondary N) is 1. The Morgan fingerprint density at radius 1 is 1.25 bits per heavy atom. The van der Waals surface area contributed by atoms with Gasteiger partial charge in [-0.3, -0.25) is 4.79 Å². The van der Waals surface area contributed by atoms with Crippen molar-refractivity contribution in [3.05, 3.63) is 23.9 Å². The molecule has 1 amide bonds. The summed E-state index contributed by atoms with van der Waals surface area (Å²) in [6.07, 6.45) is 1.76. The molecule has 1 N–H and O–H groups in total. The van der Waals surface area contributed by atoms with Crippen LogP contribution < -0.4 is 5.32 Å². The SMILES string of the molecule is C=CCNC1=C(C)CN(C(C)C)C1=O.CC.CC(C)C. The van der Waals surface area contributed by atoms with Gasteiger partial charge in [-0.1, -0.05) is 40.7 Å². The first-order valence-electron chi connectivity index (χ1n) is 7.66. The van der Waals surface area contributed by atoms with Crippen LogP contribution in [0.15, 0.2) is 23.9 Å². The quantitative estimate of drug-likeness (QED) is 0.791. The van der Waals surface area contributed by atoms with Gasteiger partial charge in [0.25, 0.3) is 5.91 Å². The van der Waals surface area contributed by atoms with Crippen LogP contribution in [0.1, 0.15) is 55.4 Å². The highest BCUT2D eigenvalue weighted by molar-refractivity contribution is 5.96. The van der Waals surface area contributed by atoms with Crippen LogP contribution in [0, 0.1) is 5.92 Å². The maximum absolute atomic E-state index is 11.8. The van der Waals surface area contributed by atoms with E-state index in [9.17, 15) is 4.79 Å². The lowest BCUT2D eigenvalue weighted by Crippen LogP contribution is -2.35. The minimum absolute atomic E-state index is 0.111. The Kier molecular flexibility index (Phi) is 12.2. The summed E-state index contributed by atoms with van der Waals surface area (Å²) in [5.41, 5.74) is 1.86. The van der Waals surface area contributed by atoms with Gasteiger partial charge in [-0.05, 0) is 32.3 Å². The van der Waals surface area contributed by atoms with Crippen LogP contribution in [0.5, 0.6) is 0 Å². The number of amides is 1. The zero-order valence-corrected chi connectivity index (χ0v) is 14.7. The Morgan fingerprint density at radius 3 is 2.00 bits per heavy atom. The summed E-state index contributed by atoms with van der Waals surface area (Å²) in [4.78, 5) is 13.7. The van der Waals surface area contributed by atoms with E-state index in [0.29, 0.717) is 6.54 Å². The van der Waals surface area contributed by atoms with Crippen molar-refractivity contribution in [1.29, 1.82) is 0 Å². The molecule has 0 atom stereocenters. The van der Waals surface area contributed by atoms with E-state index >= 15 is 0 Å². The van der Waals surface area contributed by atoms with Crippen LogP contribution in [0.25, 0.3) is 0 Å². The van der Waals surface area contributed by atoms with Gasteiger partial charge in [-0.15, -0.1) is 6.58 Å². The monoisotopic (exact) mass is 282 g/mol. The third-order valence-electron chi connectivity index (χ3n) is 2.36. The van der Waals surface area contributed by atoms with E-state index in [1.165, 1.54) is 0 Å². The molecule has 0 aromatic heterocycles. The molecule has 1 heterocycles.